The van der Waals surface area contributed by atoms with Crippen molar-refractivity contribution in [2.75, 3.05) is 12.8 Å². The minimum Gasteiger partial charge on any atom is -0.494 e. The molecular weight excluding hydrogens is 244 g/mol. The number of hydrogen-bond acceptors (Lipinski definition) is 4. The van der Waals surface area contributed by atoms with E-state index in [9.17, 15) is 0 Å². The van der Waals surface area contributed by atoms with Gasteiger partial charge in [0.15, 0.2) is 5.13 Å². The Kier molecular flexibility index (Phi) is 2.95. The lowest BCUT2D eigenvalue weighted by atomic mass is 10.0. The van der Waals surface area contributed by atoms with Gasteiger partial charge in [-0.1, -0.05) is 36.8 Å². The van der Waals surface area contributed by atoms with Crippen LogP contribution in [0.4, 0.5) is 5.13 Å². The Hall–Kier alpha value is -1.00. The molecular formula is C11H13ClN2OS. The smallest absolute Gasteiger partial charge is 0.181 e. The molecule has 0 aliphatic rings. The van der Waals surface area contributed by atoms with E-state index in [1.165, 1.54) is 11.3 Å². The van der Waals surface area contributed by atoms with Crippen molar-refractivity contribution in [3.63, 3.8) is 0 Å². The third-order valence-electron chi connectivity index (χ3n) is 2.45. The summed E-state index contributed by atoms with van der Waals surface area (Å²) in [4.78, 5) is 4.27. The first-order valence-corrected chi connectivity index (χ1v) is 6.16. The van der Waals surface area contributed by atoms with Crippen LogP contribution in [0, 0.1) is 0 Å². The molecule has 0 saturated carbocycles. The number of methoxy groups -OCH3 is 1. The molecule has 1 aromatic carbocycles. The fourth-order valence-corrected chi connectivity index (χ4v) is 2.76. The summed E-state index contributed by atoms with van der Waals surface area (Å²) in [6.07, 6.45) is 0. The van der Waals surface area contributed by atoms with Crippen molar-refractivity contribution in [3.05, 3.63) is 16.7 Å². The summed E-state index contributed by atoms with van der Waals surface area (Å²) in [6.45, 7) is 4.19. The van der Waals surface area contributed by atoms with Gasteiger partial charge in [-0.25, -0.2) is 4.98 Å². The molecule has 2 aromatic rings. The number of aromatic nitrogens is 1. The van der Waals surface area contributed by atoms with E-state index >= 15 is 0 Å². The van der Waals surface area contributed by atoms with Gasteiger partial charge in [0.2, 0.25) is 0 Å². The van der Waals surface area contributed by atoms with Crippen LogP contribution in [0.1, 0.15) is 25.3 Å². The molecule has 0 saturated heterocycles. The van der Waals surface area contributed by atoms with Crippen LogP contribution in [0.15, 0.2) is 6.07 Å². The number of anilines is 1. The van der Waals surface area contributed by atoms with Crippen LogP contribution in [0.25, 0.3) is 10.2 Å². The molecule has 3 nitrogen and oxygen atoms in total. The molecule has 5 heteroatoms. The standard InChI is InChI=1S/C11H13ClN2OS/c1-5(2)6-4-7(12)10-8(9(6)15-3)14-11(13)16-10/h4-5H,1-3H3,(H2,13,14). The summed E-state index contributed by atoms with van der Waals surface area (Å²) in [5, 5.41) is 1.20. The first-order valence-electron chi connectivity index (χ1n) is 4.97. The molecule has 2 N–H and O–H groups in total. The summed E-state index contributed by atoms with van der Waals surface area (Å²) >= 11 is 7.59. The van der Waals surface area contributed by atoms with Crippen LogP contribution in [0.2, 0.25) is 5.02 Å². The maximum Gasteiger partial charge on any atom is 0.181 e. The van der Waals surface area contributed by atoms with Crippen molar-refractivity contribution in [2.24, 2.45) is 0 Å². The average molecular weight is 257 g/mol. The van der Waals surface area contributed by atoms with Crippen LogP contribution in [-0.4, -0.2) is 12.1 Å². The first-order chi connectivity index (χ1) is 7.54. The molecule has 16 heavy (non-hydrogen) atoms. The fraction of sp³-hybridized carbons (Fsp3) is 0.364. The molecule has 86 valence electrons. The number of hydrogen-bond donors (Lipinski definition) is 1. The lowest BCUT2D eigenvalue weighted by Gasteiger charge is -2.12. The number of nitrogen functional groups attached to an aromatic ring is 1. The molecule has 0 unspecified atom stereocenters. The minimum atomic E-state index is 0.333. The molecule has 0 amide bonds. The van der Waals surface area contributed by atoms with Gasteiger partial charge in [-0.15, -0.1) is 0 Å². The van der Waals surface area contributed by atoms with E-state index in [-0.39, 0.29) is 0 Å². The van der Waals surface area contributed by atoms with E-state index in [0.29, 0.717) is 16.1 Å². The number of thiazole rings is 1. The fourth-order valence-electron chi connectivity index (χ4n) is 1.70. The molecule has 0 fully saturated rings. The van der Waals surface area contributed by atoms with E-state index < -0.39 is 0 Å². The van der Waals surface area contributed by atoms with Crippen LogP contribution in [-0.2, 0) is 0 Å². The lowest BCUT2D eigenvalue weighted by molar-refractivity contribution is 0.412. The van der Waals surface area contributed by atoms with E-state index in [4.69, 9.17) is 22.1 Å². The second-order valence-electron chi connectivity index (χ2n) is 3.87. The van der Waals surface area contributed by atoms with E-state index in [2.05, 4.69) is 18.8 Å². The molecule has 0 atom stereocenters. The summed E-state index contributed by atoms with van der Waals surface area (Å²) < 4.78 is 6.31. The van der Waals surface area contributed by atoms with Gasteiger partial charge in [0.1, 0.15) is 11.3 Å². The zero-order valence-corrected chi connectivity index (χ0v) is 10.9. The number of nitrogens with zero attached hydrogens (tertiary/aromatic N) is 1. The Morgan fingerprint density at radius 1 is 1.50 bits per heavy atom. The monoisotopic (exact) mass is 256 g/mol. The summed E-state index contributed by atoms with van der Waals surface area (Å²) in [6, 6.07) is 1.94. The molecule has 0 radical (unpaired) electrons. The maximum absolute atomic E-state index is 6.21. The van der Waals surface area contributed by atoms with E-state index in [1.54, 1.807) is 7.11 Å². The van der Waals surface area contributed by atoms with Crippen LogP contribution >= 0.6 is 22.9 Å². The lowest BCUT2D eigenvalue weighted by Crippen LogP contribution is -1.95. The van der Waals surface area contributed by atoms with Gasteiger partial charge in [-0.3, -0.25) is 0 Å². The van der Waals surface area contributed by atoms with Crippen molar-refractivity contribution < 1.29 is 4.74 Å². The number of rotatable bonds is 2. The Morgan fingerprint density at radius 2 is 2.19 bits per heavy atom. The molecule has 0 bridgehead atoms. The molecule has 0 spiro atoms. The van der Waals surface area contributed by atoms with Crippen LogP contribution in [0.5, 0.6) is 5.75 Å². The largest absolute Gasteiger partial charge is 0.494 e. The quantitative estimate of drug-likeness (QED) is 0.892. The van der Waals surface area contributed by atoms with Crippen molar-refractivity contribution in [3.8, 4) is 5.75 Å². The number of fused-ring (bicyclic) bond motifs is 1. The van der Waals surface area contributed by atoms with Gasteiger partial charge in [-0.05, 0) is 12.0 Å². The number of nitrogens with two attached hydrogens (primary N) is 1. The zero-order valence-electron chi connectivity index (χ0n) is 9.37. The van der Waals surface area contributed by atoms with Crippen molar-refractivity contribution in [2.45, 2.75) is 19.8 Å². The highest BCUT2D eigenvalue weighted by atomic mass is 35.5. The van der Waals surface area contributed by atoms with Gasteiger partial charge in [0.25, 0.3) is 0 Å². The highest BCUT2D eigenvalue weighted by Gasteiger charge is 2.17. The van der Waals surface area contributed by atoms with Crippen LogP contribution < -0.4 is 10.5 Å². The zero-order chi connectivity index (χ0) is 11.9. The van der Waals surface area contributed by atoms with Crippen molar-refractivity contribution >= 4 is 38.3 Å². The highest BCUT2D eigenvalue weighted by molar-refractivity contribution is 7.22. The SMILES string of the molecule is COc1c(C(C)C)cc(Cl)c2sc(N)nc12. The maximum atomic E-state index is 6.21. The second-order valence-corrected chi connectivity index (χ2v) is 5.30. The third-order valence-corrected chi connectivity index (χ3v) is 3.77. The van der Waals surface area contributed by atoms with Gasteiger partial charge in [0.05, 0.1) is 16.8 Å². The Bertz CT molecular complexity index is 536. The summed E-state index contributed by atoms with van der Waals surface area (Å²) in [7, 11) is 1.64. The Morgan fingerprint density at radius 3 is 2.75 bits per heavy atom. The third kappa shape index (κ3) is 1.72. The normalized spacial score (nSPS) is 11.3. The first kappa shape index (κ1) is 11.5. The molecule has 0 aliphatic carbocycles. The predicted octanol–water partition coefficient (Wildman–Crippen LogP) is 3.66. The summed E-state index contributed by atoms with van der Waals surface area (Å²) in [5.41, 5.74) is 7.53. The van der Waals surface area contributed by atoms with Crippen molar-refractivity contribution in [1.29, 1.82) is 0 Å². The predicted molar refractivity (Wildman–Crippen MR) is 69.7 cm³/mol. The molecule has 0 aliphatic heterocycles. The molecule has 2 rings (SSSR count). The Balaban J connectivity index is 2.84. The average Bonchev–Trinajstić information content (AvgIpc) is 2.60. The van der Waals surface area contributed by atoms with Gasteiger partial charge in [-0.2, -0.15) is 0 Å². The topological polar surface area (TPSA) is 48.1 Å². The molecule has 1 aromatic heterocycles. The second kappa shape index (κ2) is 4.11. The van der Waals surface area contributed by atoms with E-state index in [0.717, 1.165) is 21.5 Å². The minimum absolute atomic E-state index is 0.333. The van der Waals surface area contributed by atoms with Gasteiger partial charge >= 0.3 is 0 Å². The Labute approximate surface area is 103 Å². The number of halogens is 1. The number of ether oxygens (including phenoxy) is 1. The van der Waals surface area contributed by atoms with E-state index in [1.807, 2.05) is 6.07 Å². The number of benzene rings is 1. The summed E-state index contributed by atoms with van der Waals surface area (Å²) in [5.74, 6) is 1.11. The molecule has 1 heterocycles. The highest BCUT2D eigenvalue weighted by Crippen LogP contribution is 2.41. The van der Waals surface area contributed by atoms with Gasteiger partial charge in [0, 0.05) is 5.56 Å². The van der Waals surface area contributed by atoms with Crippen LogP contribution in [0.3, 0.4) is 0 Å². The van der Waals surface area contributed by atoms with Gasteiger partial charge < -0.3 is 10.5 Å². The van der Waals surface area contributed by atoms with Crippen molar-refractivity contribution in [1.82, 2.24) is 4.98 Å².